The summed E-state index contributed by atoms with van der Waals surface area (Å²) in [5.74, 6) is 0.0294. The minimum atomic E-state index is -0.0984. The average molecular weight is 380 g/mol. The summed E-state index contributed by atoms with van der Waals surface area (Å²) in [5, 5.41) is 3.18. The summed E-state index contributed by atoms with van der Waals surface area (Å²) in [6.07, 6.45) is 5.62. The molecule has 0 spiro atoms. The Bertz CT molecular complexity index is 612. The second-order valence-electron chi connectivity index (χ2n) is 7.58. The Morgan fingerprint density at radius 1 is 1.08 bits per heavy atom. The van der Waals surface area contributed by atoms with Crippen LogP contribution in [0.1, 0.15) is 54.4 Å². The molecule has 1 saturated heterocycles. The Kier molecular flexibility index (Phi) is 7.47. The van der Waals surface area contributed by atoms with Crippen molar-refractivity contribution in [1.29, 1.82) is 0 Å². The number of nitrogens with two attached hydrogens (primary N) is 1. The van der Waals surface area contributed by atoms with Crippen molar-refractivity contribution in [3.63, 3.8) is 0 Å². The van der Waals surface area contributed by atoms with Gasteiger partial charge >= 0.3 is 0 Å². The number of aryl methyl sites for hydroxylation is 1. The second-order valence-corrected chi connectivity index (χ2v) is 7.58. The molecule has 2 amide bonds. The lowest BCUT2D eigenvalue weighted by molar-refractivity contribution is -0.127. The monoisotopic (exact) mass is 379 g/mol. The van der Waals surface area contributed by atoms with Crippen LogP contribution in [-0.2, 0) is 4.79 Å². The number of benzene rings is 1. The van der Waals surface area contributed by atoms with E-state index < -0.39 is 0 Å². The first kappa shape index (κ1) is 20.7. The topological polar surface area (TPSA) is 75.4 Å². The fraction of sp³-hybridized carbons (Fsp3) is 0.600. The first-order valence-electron chi connectivity index (χ1n) is 9.45. The molecule has 0 radical (unpaired) electrons. The zero-order valence-electron chi connectivity index (χ0n) is 15.4. The number of nitrogens with zero attached hydrogens (tertiary/aromatic N) is 1. The van der Waals surface area contributed by atoms with Crippen molar-refractivity contribution in [1.82, 2.24) is 10.2 Å². The minimum Gasteiger partial charge on any atom is -0.353 e. The molecule has 3 rings (SSSR count). The van der Waals surface area contributed by atoms with Crippen LogP contribution in [0, 0.1) is 12.8 Å². The molecule has 3 N–H and O–H groups in total. The molecule has 1 heterocycles. The lowest BCUT2D eigenvalue weighted by Gasteiger charge is -2.34. The Labute approximate surface area is 162 Å². The summed E-state index contributed by atoms with van der Waals surface area (Å²) in [6, 6.07) is 8.17. The van der Waals surface area contributed by atoms with Crippen molar-refractivity contribution in [3.05, 3.63) is 35.4 Å². The molecular weight excluding hydrogens is 350 g/mol. The van der Waals surface area contributed by atoms with Crippen LogP contribution < -0.4 is 11.1 Å². The van der Waals surface area contributed by atoms with E-state index in [9.17, 15) is 9.59 Å². The third-order valence-corrected chi connectivity index (χ3v) is 5.50. The van der Waals surface area contributed by atoms with E-state index in [0.717, 1.165) is 50.6 Å². The lowest BCUT2D eigenvalue weighted by Crippen LogP contribution is -2.48. The molecule has 1 unspecified atom stereocenters. The Balaban J connectivity index is 0.00000243. The molecule has 0 aromatic heterocycles. The number of piperidine rings is 1. The summed E-state index contributed by atoms with van der Waals surface area (Å²) in [5.41, 5.74) is 7.77. The normalized spacial score (nSPS) is 25.9. The molecule has 26 heavy (non-hydrogen) atoms. The van der Waals surface area contributed by atoms with Crippen LogP contribution in [0.2, 0.25) is 0 Å². The highest BCUT2D eigenvalue weighted by Gasteiger charge is 2.30. The van der Waals surface area contributed by atoms with Gasteiger partial charge in [-0.15, -0.1) is 12.4 Å². The fourth-order valence-corrected chi connectivity index (χ4v) is 3.84. The standard InChI is InChI=1S/C20H29N3O2.ClH/c1-14-4-6-15(7-5-14)20(25)23-12-2-3-16(13-23)19(24)22-18-10-8-17(21)9-11-18;/h4-7,16-18H,2-3,8-13,21H2,1H3,(H,22,24);1H. The van der Waals surface area contributed by atoms with Crippen molar-refractivity contribution in [2.75, 3.05) is 13.1 Å². The van der Waals surface area contributed by atoms with Crippen molar-refractivity contribution < 1.29 is 9.59 Å². The predicted octanol–water partition coefficient (Wildman–Crippen LogP) is 2.66. The van der Waals surface area contributed by atoms with Gasteiger partial charge in [0, 0.05) is 30.7 Å². The molecule has 2 aliphatic rings. The Hall–Kier alpha value is -1.59. The van der Waals surface area contributed by atoms with Crippen molar-refractivity contribution >= 4 is 24.2 Å². The predicted molar refractivity (Wildman–Crippen MR) is 105 cm³/mol. The number of hydrogen-bond donors (Lipinski definition) is 2. The average Bonchev–Trinajstić information content (AvgIpc) is 2.64. The number of likely N-dealkylation sites (tertiary alicyclic amines) is 1. The number of amides is 2. The summed E-state index contributed by atoms with van der Waals surface area (Å²) in [6.45, 7) is 3.26. The minimum absolute atomic E-state index is 0. The van der Waals surface area contributed by atoms with E-state index in [1.54, 1.807) is 0 Å². The molecule has 144 valence electrons. The summed E-state index contributed by atoms with van der Waals surface area (Å²) >= 11 is 0. The van der Waals surface area contributed by atoms with Gasteiger partial charge in [-0.1, -0.05) is 17.7 Å². The van der Waals surface area contributed by atoms with Gasteiger partial charge in [0.05, 0.1) is 5.92 Å². The molecule has 2 fully saturated rings. The summed E-state index contributed by atoms with van der Waals surface area (Å²) < 4.78 is 0. The number of hydrogen-bond acceptors (Lipinski definition) is 3. The van der Waals surface area contributed by atoms with Crippen LogP contribution in [-0.4, -0.2) is 41.9 Å². The SMILES string of the molecule is Cc1ccc(C(=O)N2CCCC(C(=O)NC3CCC(N)CC3)C2)cc1.Cl. The number of rotatable bonds is 3. The van der Waals surface area contributed by atoms with Crippen LogP contribution in [0.25, 0.3) is 0 Å². The molecule has 1 aliphatic carbocycles. The molecule has 1 aliphatic heterocycles. The molecule has 1 aromatic rings. The molecule has 6 heteroatoms. The van der Waals surface area contributed by atoms with E-state index in [0.29, 0.717) is 12.1 Å². The van der Waals surface area contributed by atoms with E-state index in [2.05, 4.69) is 5.32 Å². The van der Waals surface area contributed by atoms with Crippen LogP contribution in [0.5, 0.6) is 0 Å². The molecule has 5 nitrogen and oxygen atoms in total. The van der Waals surface area contributed by atoms with Crippen molar-refractivity contribution in [2.45, 2.75) is 57.5 Å². The van der Waals surface area contributed by atoms with Gasteiger partial charge in [-0.05, 0) is 57.6 Å². The fourth-order valence-electron chi connectivity index (χ4n) is 3.84. The molecule has 1 aromatic carbocycles. The van der Waals surface area contributed by atoms with Gasteiger partial charge in [-0.2, -0.15) is 0 Å². The smallest absolute Gasteiger partial charge is 0.253 e. The van der Waals surface area contributed by atoms with Crippen LogP contribution in [0.3, 0.4) is 0 Å². The maximum absolute atomic E-state index is 12.7. The maximum atomic E-state index is 12.7. The number of halogens is 1. The summed E-state index contributed by atoms with van der Waals surface area (Å²) in [4.78, 5) is 27.1. The molecule has 1 saturated carbocycles. The van der Waals surface area contributed by atoms with Gasteiger partial charge in [-0.25, -0.2) is 0 Å². The van der Waals surface area contributed by atoms with E-state index >= 15 is 0 Å². The number of carbonyl (C=O) groups excluding carboxylic acids is 2. The highest BCUT2D eigenvalue weighted by Crippen LogP contribution is 2.21. The van der Waals surface area contributed by atoms with Crippen LogP contribution in [0.15, 0.2) is 24.3 Å². The van der Waals surface area contributed by atoms with Gasteiger partial charge in [0.1, 0.15) is 0 Å². The number of nitrogens with one attached hydrogen (secondary N) is 1. The van der Waals surface area contributed by atoms with Gasteiger partial charge in [0.25, 0.3) is 5.91 Å². The highest BCUT2D eigenvalue weighted by atomic mass is 35.5. The number of carbonyl (C=O) groups is 2. The Morgan fingerprint density at radius 3 is 2.38 bits per heavy atom. The summed E-state index contributed by atoms with van der Waals surface area (Å²) in [7, 11) is 0. The van der Waals surface area contributed by atoms with Crippen molar-refractivity contribution in [3.8, 4) is 0 Å². The highest BCUT2D eigenvalue weighted by molar-refractivity contribution is 5.94. The maximum Gasteiger partial charge on any atom is 0.253 e. The lowest BCUT2D eigenvalue weighted by atomic mass is 9.90. The molecular formula is C20H30ClN3O2. The third kappa shape index (κ3) is 5.21. The zero-order valence-corrected chi connectivity index (χ0v) is 16.3. The van der Waals surface area contributed by atoms with Gasteiger partial charge in [0.15, 0.2) is 0 Å². The van der Waals surface area contributed by atoms with E-state index in [1.807, 2.05) is 36.1 Å². The van der Waals surface area contributed by atoms with E-state index in [-0.39, 0.29) is 42.2 Å². The second kappa shape index (κ2) is 9.38. The van der Waals surface area contributed by atoms with Gasteiger partial charge < -0.3 is 16.0 Å². The zero-order chi connectivity index (χ0) is 17.8. The van der Waals surface area contributed by atoms with E-state index in [1.165, 1.54) is 0 Å². The van der Waals surface area contributed by atoms with Crippen LogP contribution in [0.4, 0.5) is 0 Å². The van der Waals surface area contributed by atoms with Gasteiger partial charge in [-0.3, -0.25) is 9.59 Å². The van der Waals surface area contributed by atoms with E-state index in [4.69, 9.17) is 5.73 Å². The van der Waals surface area contributed by atoms with Crippen LogP contribution >= 0.6 is 12.4 Å². The Morgan fingerprint density at radius 2 is 1.73 bits per heavy atom. The van der Waals surface area contributed by atoms with Crippen molar-refractivity contribution in [2.24, 2.45) is 11.7 Å². The van der Waals surface area contributed by atoms with Gasteiger partial charge in [0.2, 0.25) is 5.91 Å². The first-order chi connectivity index (χ1) is 12.0. The third-order valence-electron chi connectivity index (χ3n) is 5.50. The first-order valence-corrected chi connectivity index (χ1v) is 9.45. The molecule has 1 atom stereocenters. The molecule has 0 bridgehead atoms. The largest absolute Gasteiger partial charge is 0.353 e. The quantitative estimate of drug-likeness (QED) is 0.847.